The van der Waals surface area contributed by atoms with E-state index in [1.807, 2.05) is 36.1 Å². The fourth-order valence-electron chi connectivity index (χ4n) is 3.19. The van der Waals surface area contributed by atoms with Crippen LogP contribution < -0.4 is 15.5 Å². The average Bonchev–Trinajstić information content (AvgIpc) is 3.16. The van der Waals surface area contributed by atoms with Gasteiger partial charge in [0.2, 0.25) is 5.91 Å². The molecule has 164 valence electrons. The van der Waals surface area contributed by atoms with Crippen molar-refractivity contribution in [1.82, 2.24) is 20.5 Å². The lowest BCUT2D eigenvalue weighted by atomic mass is 10.2. The molecule has 1 fully saturated rings. The SMILES string of the molecule is CN=C(NCCc1csc(C)n1)NCC(=O)N1CCN(c2ccc(Cl)cc2)CC1.I. The van der Waals surface area contributed by atoms with Crippen LogP contribution in [-0.2, 0) is 11.2 Å². The fraction of sp³-hybridized carbons (Fsp3) is 0.450. The number of hydrogen-bond acceptors (Lipinski definition) is 5. The predicted octanol–water partition coefficient (Wildman–Crippen LogP) is 2.78. The van der Waals surface area contributed by atoms with Crippen LogP contribution in [0.3, 0.4) is 0 Å². The third kappa shape index (κ3) is 7.28. The Bertz CT molecular complexity index is 836. The summed E-state index contributed by atoms with van der Waals surface area (Å²) in [5.74, 6) is 0.712. The Kier molecular flexibility index (Phi) is 10.1. The number of aromatic nitrogens is 1. The van der Waals surface area contributed by atoms with Crippen LogP contribution in [0.15, 0.2) is 34.6 Å². The molecule has 30 heavy (non-hydrogen) atoms. The predicted molar refractivity (Wildman–Crippen MR) is 136 cm³/mol. The maximum absolute atomic E-state index is 12.5. The number of rotatable bonds is 6. The summed E-state index contributed by atoms with van der Waals surface area (Å²) < 4.78 is 0. The first kappa shape index (κ1) is 24.7. The molecule has 2 N–H and O–H groups in total. The summed E-state index contributed by atoms with van der Waals surface area (Å²) in [5.41, 5.74) is 2.21. The molecule has 0 unspecified atom stereocenters. The number of thiazole rings is 1. The quantitative estimate of drug-likeness (QED) is 0.322. The highest BCUT2D eigenvalue weighted by Gasteiger charge is 2.21. The van der Waals surface area contributed by atoms with Gasteiger partial charge < -0.3 is 20.4 Å². The van der Waals surface area contributed by atoms with Gasteiger partial charge in [0, 0.05) is 62.3 Å². The molecule has 0 saturated carbocycles. The number of aryl methyl sites for hydroxylation is 1. The zero-order valence-electron chi connectivity index (χ0n) is 17.2. The highest BCUT2D eigenvalue weighted by molar-refractivity contribution is 14.0. The number of carbonyl (C=O) groups excluding carboxylic acids is 1. The van der Waals surface area contributed by atoms with Crippen molar-refractivity contribution in [3.05, 3.63) is 45.4 Å². The number of anilines is 1. The van der Waals surface area contributed by atoms with E-state index in [1.165, 1.54) is 0 Å². The minimum absolute atomic E-state index is 0. The number of aliphatic imine (C=N–C) groups is 1. The van der Waals surface area contributed by atoms with Gasteiger partial charge in [-0.2, -0.15) is 0 Å². The van der Waals surface area contributed by atoms with Gasteiger partial charge >= 0.3 is 0 Å². The molecular weight excluding hydrogens is 535 g/mol. The van der Waals surface area contributed by atoms with Gasteiger partial charge in [0.25, 0.3) is 0 Å². The van der Waals surface area contributed by atoms with Crippen molar-refractivity contribution in [2.24, 2.45) is 4.99 Å². The van der Waals surface area contributed by atoms with Crippen LogP contribution in [0, 0.1) is 6.92 Å². The van der Waals surface area contributed by atoms with Crippen LogP contribution in [0.5, 0.6) is 0 Å². The summed E-state index contributed by atoms with van der Waals surface area (Å²) in [7, 11) is 1.71. The van der Waals surface area contributed by atoms with Gasteiger partial charge in [-0.25, -0.2) is 4.98 Å². The lowest BCUT2D eigenvalue weighted by molar-refractivity contribution is -0.130. The van der Waals surface area contributed by atoms with E-state index < -0.39 is 0 Å². The Morgan fingerprint density at radius 2 is 1.90 bits per heavy atom. The van der Waals surface area contributed by atoms with Crippen molar-refractivity contribution in [2.45, 2.75) is 13.3 Å². The lowest BCUT2D eigenvalue weighted by Crippen LogP contribution is -2.52. The summed E-state index contributed by atoms with van der Waals surface area (Å²) in [6, 6.07) is 7.83. The molecule has 1 amide bonds. The minimum atomic E-state index is 0. The van der Waals surface area contributed by atoms with Gasteiger partial charge in [-0.1, -0.05) is 11.6 Å². The van der Waals surface area contributed by atoms with E-state index in [4.69, 9.17) is 11.6 Å². The van der Waals surface area contributed by atoms with Crippen LogP contribution >= 0.6 is 46.9 Å². The Morgan fingerprint density at radius 3 is 2.50 bits per heavy atom. The van der Waals surface area contributed by atoms with E-state index in [9.17, 15) is 4.79 Å². The first-order valence-corrected chi connectivity index (χ1v) is 10.9. The standard InChI is InChI=1S/C20H27ClN6OS.HI/c1-15-25-17(14-29-15)7-8-23-20(22-2)24-13-19(28)27-11-9-26(10-12-27)18-5-3-16(21)4-6-18;/h3-6,14H,7-13H2,1-2H3,(H2,22,23,24);1H. The minimum Gasteiger partial charge on any atom is -0.368 e. The Labute approximate surface area is 203 Å². The van der Waals surface area contributed by atoms with Gasteiger partial charge in [-0.3, -0.25) is 9.79 Å². The van der Waals surface area contributed by atoms with Crippen LogP contribution in [0.2, 0.25) is 5.02 Å². The van der Waals surface area contributed by atoms with Crippen LogP contribution in [0.25, 0.3) is 0 Å². The zero-order valence-corrected chi connectivity index (χ0v) is 21.1. The molecule has 1 aliphatic rings. The lowest BCUT2D eigenvalue weighted by Gasteiger charge is -2.36. The summed E-state index contributed by atoms with van der Waals surface area (Å²) in [4.78, 5) is 25.3. The van der Waals surface area contributed by atoms with Crippen molar-refractivity contribution < 1.29 is 4.79 Å². The molecule has 7 nitrogen and oxygen atoms in total. The molecule has 10 heteroatoms. The van der Waals surface area contributed by atoms with Crippen molar-refractivity contribution in [1.29, 1.82) is 0 Å². The second-order valence-corrected chi connectivity index (χ2v) is 8.30. The molecule has 1 aromatic heterocycles. The highest BCUT2D eigenvalue weighted by atomic mass is 127. The number of amides is 1. The van der Waals surface area contributed by atoms with Crippen LogP contribution in [0.4, 0.5) is 5.69 Å². The van der Waals surface area contributed by atoms with Gasteiger partial charge in [-0.05, 0) is 31.2 Å². The monoisotopic (exact) mass is 562 g/mol. The summed E-state index contributed by atoms with van der Waals surface area (Å²) in [6.07, 6.45) is 0.825. The molecule has 1 saturated heterocycles. The molecule has 0 spiro atoms. The number of benzene rings is 1. The number of halogens is 2. The molecule has 1 aromatic carbocycles. The highest BCUT2D eigenvalue weighted by Crippen LogP contribution is 2.19. The molecule has 2 heterocycles. The summed E-state index contributed by atoms with van der Waals surface area (Å²) in [6.45, 7) is 5.99. The maximum atomic E-state index is 12.5. The van der Waals surface area contributed by atoms with Gasteiger partial charge in [0.15, 0.2) is 5.96 Å². The Balaban J connectivity index is 0.00000320. The first-order chi connectivity index (χ1) is 14.0. The van der Waals surface area contributed by atoms with Gasteiger partial charge in [0.1, 0.15) is 0 Å². The summed E-state index contributed by atoms with van der Waals surface area (Å²) >= 11 is 7.61. The molecule has 1 aliphatic heterocycles. The van der Waals surface area contributed by atoms with E-state index in [2.05, 4.69) is 30.9 Å². The number of nitrogens with zero attached hydrogens (tertiary/aromatic N) is 4. The topological polar surface area (TPSA) is 72.9 Å². The zero-order chi connectivity index (χ0) is 20.6. The van der Waals surface area contributed by atoms with E-state index in [0.29, 0.717) is 19.0 Å². The van der Waals surface area contributed by atoms with Crippen molar-refractivity contribution in [3.63, 3.8) is 0 Å². The number of hydrogen-bond donors (Lipinski definition) is 2. The fourth-order valence-corrected chi connectivity index (χ4v) is 3.96. The van der Waals surface area contributed by atoms with Crippen LogP contribution in [0.1, 0.15) is 10.7 Å². The normalized spacial score (nSPS) is 14.3. The third-order valence-corrected chi connectivity index (χ3v) is 5.87. The Morgan fingerprint density at radius 1 is 1.20 bits per heavy atom. The third-order valence-electron chi connectivity index (χ3n) is 4.79. The molecular formula is C20H28ClIN6OS. The maximum Gasteiger partial charge on any atom is 0.242 e. The molecule has 0 atom stereocenters. The Hall–Kier alpha value is -1.59. The van der Waals surface area contributed by atoms with E-state index in [0.717, 1.165) is 47.5 Å². The summed E-state index contributed by atoms with van der Waals surface area (Å²) in [5, 5.41) is 10.2. The number of guanidine groups is 1. The van der Waals surface area contributed by atoms with Crippen LogP contribution in [-0.4, -0.2) is 68.1 Å². The smallest absolute Gasteiger partial charge is 0.242 e. The van der Waals surface area contributed by atoms with E-state index >= 15 is 0 Å². The number of piperazine rings is 1. The molecule has 0 aliphatic carbocycles. The van der Waals surface area contributed by atoms with E-state index in [1.54, 1.807) is 18.4 Å². The van der Waals surface area contributed by atoms with Gasteiger partial charge in [0.05, 0.1) is 17.2 Å². The molecule has 0 radical (unpaired) electrons. The second kappa shape index (κ2) is 12.3. The molecule has 2 aromatic rings. The van der Waals surface area contributed by atoms with Crippen molar-refractivity contribution >= 4 is 64.5 Å². The number of carbonyl (C=O) groups is 1. The second-order valence-electron chi connectivity index (χ2n) is 6.80. The molecule has 0 bridgehead atoms. The average molecular weight is 563 g/mol. The van der Waals surface area contributed by atoms with Crippen molar-refractivity contribution in [3.8, 4) is 0 Å². The van der Waals surface area contributed by atoms with Gasteiger partial charge in [-0.15, -0.1) is 35.3 Å². The largest absolute Gasteiger partial charge is 0.368 e. The first-order valence-electron chi connectivity index (χ1n) is 9.69. The van der Waals surface area contributed by atoms with Crippen molar-refractivity contribution in [2.75, 3.05) is 51.2 Å². The van der Waals surface area contributed by atoms with E-state index in [-0.39, 0.29) is 36.4 Å². The number of nitrogens with one attached hydrogen (secondary N) is 2. The molecule has 3 rings (SSSR count).